The molecule has 0 bridgehead atoms. The standard InChI is InChI=1S/C16H22FN3O/c1-5-14(18)9-12-8-13(17)6-7-15(12)21-16-10(2)19-20(4)11(16)3/h6-8,14H,5,9,18H2,1-4H3. The third-order valence-electron chi connectivity index (χ3n) is 3.68. The van der Waals surface area contributed by atoms with Gasteiger partial charge in [-0.1, -0.05) is 6.92 Å². The van der Waals surface area contributed by atoms with Gasteiger partial charge in [0, 0.05) is 13.1 Å². The van der Waals surface area contributed by atoms with Gasteiger partial charge in [-0.2, -0.15) is 5.10 Å². The second-order valence-corrected chi connectivity index (χ2v) is 5.35. The average molecular weight is 291 g/mol. The van der Waals surface area contributed by atoms with Crippen LogP contribution >= 0.6 is 0 Å². The molecule has 2 aromatic rings. The minimum Gasteiger partial charge on any atom is -0.453 e. The predicted octanol–water partition coefficient (Wildman–Crippen LogP) is 3.25. The first-order valence-corrected chi connectivity index (χ1v) is 7.14. The number of nitrogens with zero attached hydrogens (tertiary/aromatic N) is 2. The highest BCUT2D eigenvalue weighted by Crippen LogP contribution is 2.31. The van der Waals surface area contributed by atoms with Crippen LogP contribution in [0.2, 0.25) is 0 Å². The lowest BCUT2D eigenvalue weighted by Gasteiger charge is -2.14. The maximum atomic E-state index is 13.5. The van der Waals surface area contributed by atoms with Crippen LogP contribution in [0.1, 0.15) is 30.3 Å². The Labute approximate surface area is 124 Å². The van der Waals surface area contributed by atoms with Crippen molar-refractivity contribution in [3.63, 3.8) is 0 Å². The Hall–Kier alpha value is -1.88. The number of rotatable bonds is 5. The number of aryl methyl sites for hydroxylation is 2. The summed E-state index contributed by atoms with van der Waals surface area (Å²) in [5, 5.41) is 4.32. The summed E-state index contributed by atoms with van der Waals surface area (Å²) in [7, 11) is 1.87. The van der Waals surface area contributed by atoms with Gasteiger partial charge in [-0.15, -0.1) is 0 Å². The average Bonchev–Trinajstić information content (AvgIpc) is 2.67. The molecule has 0 aliphatic carbocycles. The molecule has 5 heteroatoms. The zero-order chi connectivity index (χ0) is 15.6. The van der Waals surface area contributed by atoms with Gasteiger partial charge in [0.2, 0.25) is 0 Å². The maximum Gasteiger partial charge on any atom is 0.171 e. The SMILES string of the molecule is CCC(N)Cc1cc(F)ccc1Oc1c(C)nn(C)c1C. The van der Waals surface area contributed by atoms with Crippen LogP contribution in [0.15, 0.2) is 18.2 Å². The fourth-order valence-electron chi connectivity index (χ4n) is 2.25. The van der Waals surface area contributed by atoms with Gasteiger partial charge in [0.05, 0.1) is 5.69 Å². The first-order chi connectivity index (χ1) is 9.92. The summed E-state index contributed by atoms with van der Waals surface area (Å²) in [6.07, 6.45) is 1.42. The van der Waals surface area contributed by atoms with Crippen molar-refractivity contribution in [2.75, 3.05) is 0 Å². The number of ether oxygens (including phenoxy) is 1. The van der Waals surface area contributed by atoms with Crippen molar-refractivity contribution >= 4 is 0 Å². The van der Waals surface area contributed by atoms with Crippen LogP contribution in [-0.2, 0) is 13.5 Å². The van der Waals surface area contributed by atoms with E-state index in [1.807, 2.05) is 27.8 Å². The monoisotopic (exact) mass is 291 g/mol. The van der Waals surface area contributed by atoms with Crippen molar-refractivity contribution in [3.05, 3.63) is 41.0 Å². The summed E-state index contributed by atoms with van der Waals surface area (Å²) >= 11 is 0. The van der Waals surface area contributed by atoms with E-state index in [0.29, 0.717) is 12.2 Å². The normalized spacial score (nSPS) is 12.5. The van der Waals surface area contributed by atoms with Gasteiger partial charge >= 0.3 is 0 Å². The molecule has 4 nitrogen and oxygen atoms in total. The van der Waals surface area contributed by atoms with Crippen molar-refractivity contribution in [1.82, 2.24) is 9.78 Å². The number of nitrogens with two attached hydrogens (primary N) is 1. The van der Waals surface area contributed by atoms with Crippen LogP contribution in [0.25, 0.3) is 0 Å². The van der Waals surface area contributed by atoms with Crippen LogP contribution in [0, 0.1) is 19.7 Å². The molecule has 1 aromatic carbocycles. The van der Waals surface area contributed by atoms with Gasteiger partial charge in [0.1, 0.15) is 17.3 Å². The largest absolute Gasteiger partial charge is 0.453 e. The number of hydrogen-bond donors (Lipinski definition) is 1. The van der Waals surface area contributed by atoms with Crippen molar-refractivity contribution in [2.45, 2.75) is 39.7 Å². The highest BCUT2D eigenvalue weighted by molar-refractivity contribution is 5.42. The van der Waals surface area contributed by atoms with E-state index in [9.17, 15) is 4.39 Å². The van der Waals surface area contributed by atoms with Gasteiger partial charge in [0.15, 0.2) is 5.75 Å². The topological polar surface area (TPSA) is 53.1 Å². The molecule has 1 atom stereocenters. The molecule has 0 fully saturated rings. The van der Waals surface area contributed by atoms with Gasteiger partial charge in [-0.05, 0) is 50.5 Å². The first-order valence-electron chi connectivity index (χ1n) is 7.14. The molecule has 0 saturated carbocycles. The molecule has 0 saturated heterocycles. The van der Waals surface area contributed by atoms with Crippen molar-refractivity contribution in [3.8, 4) is 11.5 Å². The molecule has 0 aliphatic heterocycles. The number of hydrogen-bond acceptors (Lipinski definition) is 3. The molecule has 114 valence electrons. The van der Waals surface area contributed by atoms with E-state index in [4.69, 9.17) is 10.5 Å². The third kappa shape index (κ3) is 3.42. The van der Waals surface area contributed by atoms with Crippen LogP contribution in [0.5, 0.6) is 11.5 Å². The molecule has 21 heavy (non-hydrogen) atoms. The van der Waals surface area contributed by atoms with Crippen LogP contribution in [-0.4, -0.2) is 15.8 Å². The minimum absolute atomic E-state index is 0.00903. The zero-order valence-corrected chi connectivity index (χ0v) is 13.0. The second-order valence-electron chi connectivity index (χ2n) is 5.35. The number of benzene rings is 1. The molecule has 0 spiro atoms. The van der Waals surface area contributed by atoms with Gasteiger partial charge in [-0.3, -0.25) is 4.68 Å². The Morgan fingerprint density at radius 1 is 1.38 bits per heavy atom. The van der Waals surface area contributed by atoms with Crippen LogP contribution < -0.4 is 10.5 Å². The molecule has 0 radical (unpaired) electrons. The van der Waals surface area contributed by atoms with Crippen molar-refractivity contribution in [1.29, 1.82) is 0 Å². The molecule has 1 aromatic heterocycles. The highest BCUT2D eigenvalue weighted by atomic mass is 19.1. The fourth-order valence-corrected chi connectivity index (χ4v) is 2.25. The fraction of sp³-hybridized carbons (Fsp3) is 0.438. The van der Waals surface area contributed by atoms with Crippen molar-refractivity contribution in [2.24, 2.45) is 12.8 Å². The van der Waals surface area contributed by atoms with E-state index in [1.165, 1.54) is 12.1 Å². The van der Waals surface area contributed by atoms with Gasteiger partial charge < -0.3 is 10.5 Å². The van der Waals surface area contributed by atoms with E-state index in [1.54, 1.807) is 10.7 Å². The molecule has 2 rings (SSSR count). The predicted molar refractivity (Wildman–Crippen MR) is 81.1 cm³/mol. The molecule has 0 aliphatic rings. The Kier molecular flexibility index (Phi) is 4.63. The number of aromatic nitrogens is 2. The first kappa shape index (κ1) is 15.5. The third-order valence-corrected chi connectivity index (χ3v) is 3.68. The zero-order valence-electron chi connectivity index (χ0n) is 13.0. The molecule has 2 N–H and O–H groups in total. The van der Waals surface area contributed by atoms with E-state index in [0.717, 1.165) is 29.1 Å². The lowest BCUT2D eigenvalue weighted by molar-refractivity contribution is 0.462. The molecule has 1 heterocycles. The minimum atomic E-state index is -0.278. The summed E-state index contributed by atoms with van der Waals surface area (Å²) in [5.74, 6) is 1.08. The van der Waals surface area contributed by atoms with Crippen LogP contribution in [0.3, 0.4) is 0 Å². The summed E-state index contributed by atoms with van der Waals surface area (Å²) in [4.78, 5) is 0. The summed E-state index contributed by atoms with van der Waals surface area (Å²) in [6, 6.07) is 4.53. The quantitative estimate of drug-likeness (QED) is 0.920. The summed E-state index contributed by atoms with van der Waals surface area (Å²) in [5.41, 5.74) is 8.51. The molecule has 1 unspecified atom stereocenters. The molecular formula is C16H22FN3O. The number of halogens is 1. The highest BCUT2D eigenvalue weighted by Gasteiger charge is 2.15. The lowest BCUT2D eigenvalue weighted by atomic mass is 10.0. The Morgan fingerprint density at radius 3 is 2.67 bits per heavy atom. The second kappa shape index (κ2) is 6.26. The van der Waals surface area contributed by atoms with Gasteiger partial charge in [-0.25, -0.2) is 4.39 Å². The van der Waals surface area contributed by atoms with Crippen molar-refractivity contribution < 1.29 is 9.13 Å². The van der Waals surface area contributed by atoms with Gasteiger partial charge in [0.25, 0.3) is 0 Å². The molecule has 0 amide bonds. The van der Waals surface area contributed by atoms with E-state index in [2.05, 4.69) is 5.10 Å². The van der Waals surface area contributed by atoms with Crippen LogP contribution in [0.4, 0.5) is 4.39 Å². The van der Waals surface area contributed by atoms with E-state index < -0.39 is 0 Å². The smallest absolute Gasteiger partial charge is 0.171 e. The summed E-state index contributed by atoms with van der Waals surface area (Å²) in [6.45, 7) is 5.85. The Bertz CT molecular complexity index is 637. The Morgan fingerprint density at radius 2 is 2.10 bits per heavy atom. The maximum absolute atomic E-state index is 13.5. The summed E-state index contributed by atoms with van der Waals surface area (Å²) < 4.78 is 21.2. The lowest BCUT2D eigenvalue weighted by Crippen LogP contribution is -2.21. The molecular weight excluding hydrogens is 269 g/mol. The van der Waals surface area contributed by atoms with E-state index >= 15 is 0 Å². The Balaban J connectivity index is 2.35. The van der Waals surface area contributed by atoms with E-state index in [-0.39, 0.29) is 11.9 Å².